The third-order valence-electron chi connectivity index (χ3n) is 7.09. The van der Waals surface area contributed by atoms with E-state index in [2.05, 4.69) is 22.6 Å². The Hall–Kier alpha value is -1.47. The lowest BCUT2D eigenvalue weighted by Crippen LogP contribution is -2.65. The van der Waals surface area contributed by atoms with Gasteiger partial charge < -0.3 is 15.0 Å². The number of hydrogen-bond acceptors (Lipinski definition) is 5. The van der Waals surface area contributed by atoms with E-state index in [1.807, 2.05) is 22.8 Å². The highest BCUT2D eigenvalue weighted by atomic mass is 16.5. The summed E-state index contributed by atoms with van der Waals surface area (Å²) in [5.41, 5.74) is 0.617. The highest BCUT2D eigenvalue weighted by Crippen LogP contribution is 2.55. The molecule has 1 amide bonds. The Morgan fingerprint density at radius 1 is 1.33 bits per heavy atom. The predicted octanol–water partition coefficient (Wildman–Crippen LogP) is 2.40. The number of piperidine rings is 1. The van der Waals surface area contributed by atoms with E-state index in [9.17, 15) is 4.79 Å². The number of nitrogens with one attached hydrogen (secondary N) is 1. The first-order chi connectivity index (χ1) is 13.2. The molecule has 2 saturated carbocycles. The first kappa shape index (κ1) is 18.9. The van der Waals surface area contributed by atoms with Crippen LogP contribution >= 0.6 is 0 Å². The number of carbonyl (C=O) groups is 1. The summed E-state index contributed by atoms with van der Waals surface area (Å²) in [5.74, 6) is 0.0000753. The molecule has 2 aliphatic carbocycles. The normalized spacial score (nSPS) is 28.1. The van der Waals surface area contributed by atoms with E-state index in [1.165, 1.54) is 32.1 Å². The van der Waals surface area contributed by atoms with Gasteiger partial charge in [-0.1, -0.05) is 24.5 Å². The van der Waals surface area contributed by atoms with Crippen LogP contribution in [-0.4, -0.2) is 64.7 Å². The molecule has 3 fully saturated rings. The lowest BCUT2D eigenvalue weighted by atomic mass is 9.54. The molecule has 0 unspecified atom stereocenters. The average molecular weight is 376 g/mol. The molecule has 1 aromatic heterocycles. The van der Waals surface area contributed by atoms with Crippen molar-refractivity contribution >= 4 is 5.91 Å². The zero-order chi connectivity index (χ0) is 18.9. The van der Waals surface area contributed by atoms with E-state index in [0.29, 0.717) is 17.8 Å². The zero-order valence-corrected chi connectivity index (χ0v) is 16.7. The molecule has 4 rings (SSSR count). The maximum atomic E-state index is 13.1. The van der Waals surface area contributed by atoms with Gasteiger partial charge in [0.1, 0.15) is 0 Å². The van der Waals surface area contributed by atoms with Gasteiger partial charge in [-0.2, -0.15) is 0 Å². The minimum absolute atomic E-state index is 0.0000753. The number of hydrogen-bond donors (Lipinski definition) is 1. The fraction of sp³-hybridized carbons (Fsp3) is 0.850. The Morgan fingerprint density at radius 2 is 2.07 bits per heavy atom. The Kier molecular flexibility index (Phi) is 5.50. The van der Waals surface area contributed by atoms with Gasteiger partial charge in [-0.15, -0.1) is 5.10 Å². The first-order valence-corrected chi connectivity index (χ1v) is 10.7. The zero-order valence-electron chi connectivity index (χ0n) is 16.7. The van der Waals surface area contributed by atoms with Crippen molar-refractivity contribution in [1.29, 1.82) is 0 Å². The summed E-state index contributed by atoms with van der Waals surface area (Å²) in [4.78, 5) is 15.1. The molecule has 0 aromatic carbocycles. The largest absolute Gasteiger partial charge is 0.378 e. The number of ether oxygens (including phenoxy) is 1. The lowest BCUT2D eigenvalue weighted by Gasteiger charge is -2.60. The number of aromatic nitrogens is 3. The van der Waals surface area contributed by atoms with E-state index in [1.54, 1.807) is 0 Å². The van der Waals surface area contributed by atoms with Crippen LogP contribution in [0.15, 0.2) is 6.20 Å². The second-order valence-corrected chi connectivity index (χ2v) is 8.47. The molecule has 1 N–H and O–H groups in total. The lowest BCUT2D eigenvalue weighted by molar-refractivity contribution is -0.170. The average Bonchev–Trinajstić information content (AvgIpc) is 3.21. The Bertz CT molecular complexity index is 649. The maximum absolute atomic E-state index is 13.1. The van der Waals surface area contributed by atoms with Crippen LogP contribution in [0.25, 0.3) is 0 Å². The first-order valence-electron chi connectivity index (χ1n) is 10.7. The standard InChI is InChI=1S/C20H33N5O2/c1-3-27-18-13-17(20(18)9-5-4-6-10-20)24(2)19(26)16-14-25(23-22-16)15-7-11-21-12-8-15/h14-15,17-18,21H,3-13H2,1-2H3/t17-,18+/m1/s1. The van der Waals surface area contributed by atoms with Crippen LogP contribution in [0.4, 0.5) is 0 Å². The Morgan fingerprint density at radius 3 is 2.78 bits per heavy atom. The van der Waals surface area contributed by atoms with Gasteiger partial charge in [0.15, 0.2) is 5.69 Å². The van der Waals surface area contributed by atoms with Crippen LogP contribution in [0.5, 0.6) is 0 Å². The van der Waals surface area contributed by atoms with Crippen LogP contribution in [0.2, 0.25) is 0 Å². The van der Waals surface area contributed by atoms with Crippen molar-refractivity contribution in [2.75, 3.05) is 26.7 Å². The van der Waals surface area contributed by atoms with Crippen molar-refractivity contribution in [3.63, 3.8) is 0 Å². The van der Waals surface area contributed by atoms with Gasteiger partial charge in [0, 0.05) is 25.1 Å². The molecule has 3 aliphatic rings. The van der Waals surface area contributed by atoms with Crippen LogP contribution in [0.1, 0.15) is 74.8 Å². The van der Waals surface area contributed by atoms with Gasteiger partial charge in [0.25, 0.3) is 5.91 Å². The molecule has 0 bridgehead atoms. The van der Waals surface area contributed by atoms with Crippen LogP contribution in [-0.2, 0) is 4.74 Å². The third-order valence-corrected chi connectivity index (χ3v) is 7.09. The molecule has 2 atom stereocenters. The summed E-state index contributed by atoms with van der Waals surface area (Å²) >= 11 is 0. The highest BCUT2D eigenvalue weighted by molar-refractivity contribution is 5.92. The van der Waals surface area contributed by atoms with Gasteiger partial charge in [0.05, 0.1) is 18.3 Å². The van der Waals surface area contributed by atoms with Crippen molar-refractivity contribution in [1.82, 2.24) is 25.2 Å². The van der Waals surface area contributed by atoms with Crippen molar-refractivity contribution in [3.05, 3.63) is 11.9 Å². The number of amides is 1. The fourth-order valence-electron chi connectivity index (χ4n) is 5.52. The van der Waals surface area contributed by atoms with E-state index >= 15 is 0 Å². The molecule has 150 valence electrons. The Labute approximate surface area is 161 Å². The fourth-order valence-corrected chi connectivity index (χ4v) is 5.52. The molecule has 1 spiro atoms. The second kappa shape index (κ2) is 7.87. The molecule has 0 radical (unpaired) electrons. The monoisotopic (exact) mass is 375 g/mol. The summed E-state index contributed by atoms with van der Waals surface area (Å²) in [6.45, 7) is 4.81. The van der Waals surface area contributed by atoms with Crippen LogP contribution in [0.3, 0.4) is 0 Å². The molecule has 1 aliphatic heterocycles. The van der Waals surface area contributed by atoms with Crippen molar-refractivity contribution in [2.24, 2.45) is 5.41 Å². The van der Waals surface area contributed by atoms with Crippen LogP contribution < -0.4 is 5.32 Å². The molecule has 2 heterocycles. The van der Waals surface area contributed by atoms with Crippen molar-refractivity contribution in [3.8, 4) is 0 Å². The molecule has 1 aromatic rings. The second-order valence-electron chi connectivity index (χ2n) is 8.47. The van der Waals surface area contributed by atoms with Gasteiger partial charge >= 0.3 is 0 Å². The number of rotatable bonds is 5. The van der Waals surface area contributed by atoms with Crippen molar-refractivity contribution < 1.29 is 9.53 Å². The highest BCUT2D eigenvalue weighted by Gasteiger charge is 2.58. The number of nitrogens with zero attached hydrogens (tertiary/aromatic N) is 4. The molecule has 7 heteroatoms. The third kappa shape index (κ3) is 3.40. The van der Waals surface area contributed by atoms with Crippen molar-refractivity contribution in [2.45, 2.75) is 76.5 Å². The molecule has 7 nitrogen and oxygen atoms in total. The van der Waals surface area contributed by atoms with E-state index in [4.69, 9.17) is 4.74 Å². The molecule has 27 heavy (non-hydrogen) atoms. The molecular formula is C20H33N5O2. The maximum Gasteiger partial charge on any atom is 0.276 e. The minimum atomic E-state index is 0.0000753. The number of carbonyl (C=O) groups excluding carboxylic acids is 1. The van der Waals surface area contributed by atoms with Gasteiger partial charge in [-0.3, -0.25) is 4.79 Å². The summed E-state index contributed by atoms with van der Waals surface area (Å²) < 4.78 is 7.94. The summed E-state index contributed by atoms with van der Waals surface area (Å²) in [7, 11) is 1.94. The van der Waals surface area contributed by atoms with Gasteiger partial charge in [-0.05, 0) is 52.1 Å². The quantitative estimate of drug-likeness (QED) is 0.856. The summed E-state index contributed by atoms with van der Waals surface area (Å²) in [5, 5.41) is 11.8. The van der Waals surface area contributed by atoms with E-state index < -0.39 is 0 Å². The summed E-state index contributed by atoms with van der Waals surface area (Å²) in [6, 6.07) is 0.604. The predicted molar refractivity (Wildman–Crippen MR) is 103 cm³/mol. The summed E-state index contributed by atoms with van der Waals surface area (Å²) in [6.07, 6.45) is 11.3. The van der Waals surface area contributed by atoms with Crippen LogP contribution in [0, 0.1) is 5.41 Å². The van der Waals surface area contributed by atoms with E-state index in [-0.39, 0.29) is 17.4 Å². The molecular weight excluding hydrogens is 342 g/mol. The molecule has 1 saturated heterocycles. The SMILES string of the molecule is CCO[C@H]1C[C@@H](N(C)C(=O)c2cn(C3CCNCC3)nn2)C12CCCCC2. The van der Waals surface area contributed by atoms with E-state index in [0.717, 1.165) is 39.0 Å². The van der Waals surface area contributed by atoms with Gasteiger partial charge in [0.2, 0.25) is 0 Å². The minimum Gasteiger partial charge on any atom is -0.378 e. The van der Waals surface area contributed by atoms with Gasteiger partial charge in [-0.25, -0.2) is 4.68 Å². The Balaban J connectivity index is 1.46. The smallest absolute Gasteiger partial charge is 0.276 e. The topological polar surface area (TPSA) is 72.3 Å².